The van der Waals surface area contributed by atoms with Crippen molar-refractivity contribution < 1.29 is 18.9 Å². The number of amides is 1. The topological polar surface area (TPSA) is 61.7 Å². The van der Waals surface area contributed by atoms with Gasteiger partial charge < -0.3 is 15.0 Å². The van der Waals surface area contributed by atoms with Crippen molar-refractivity contribution in [3.05, 3.63) is 106 Å². The van der Waals surface area contributed by atoms with Gasteiger partial charge in [-0.25, -0.2) is 0 Å². The summed E-state index contributed by atoms with van der Waals surface area (Å²) in [7, 11) is 0. The minimum absolute atomic E-state index is 0.0743. The number of benzene rings is 2. The molecule has 0 bridgehead atoms. The summed E-state index contributed by atoms with van der Waals surface area (Å²) in [5.41, 5.74) is 9.94. The van der Waals surface area contributed by atoms with Gasteiger partial charge in [-0.15, -0.1) is 0 Å². The summed E-state index contributed by atoms with van der Waals surface area (Å²) in [6, 6.07) is 17.6. The number of ether oxygens (including phenoxy) is 1. The lowest BCUT2D eigenvalue weighted by Crippen LogP contribution is -2.28. The number of para-hydroxylation sites is 2. The van der Waals surface area contributed by atoms with E-state index in [4.69, 9.17) is 16.3 Å². The highest BCUT2D eigenvalue weighted by Gasteiger charge is 2.44. The molecule has 0 spiro atoms. The number of esters is 1. The molecule has 308 valence electrons. The molecule has 57 heavy (non-hydrogen) atoms. The molecule has 0 unspecified atom stereocenters. The van der Waals surface area contributed by atoms with Crippen LogP contribution in [0.25, 0.3) is 0 Å². The molecule has 0 saturated heterocycles. The Labute approximate surface area is 349 Å². The van der Waals surface area contributed by atoms with Crippen LogP contribution in [0.3, 0.4) is 0 Å². The summed E-state index contributed by atoms with van der Waals surface area (Å²) in [5.74, 6) is 0.0997. The monoisotopic (exact) mass is 795 g/mol. The maximum absolute atomic E-state index is 12.3. The summed E-state index contributed by atoms with van der Waals surface area (Å²) in [6.45, 7) is 16.7. The molecule has 3 aliphatic rings. The van der Waals surface area contributed by atoms with E-state index in [9.17, 15) is 9.59 Å². The highest BCUT2D eigenvalue weighted by molar-refractivity contribution is 6.32. The molecule has 0 atom stereocenters. The average Bonchev–Trinajstić information content (AvgIpc) is 3.55. The van der Waals surface area contributed by atoms with Crippen LogP contribution in [0, 0.1) is 0 Å². The maximum atomic E-state index is 12.3. The lowest BCUT2D eigenvalue weighted by Gasteiger charge is -2.27. The van der Waals surface area contributed by atoms with Crippen LogP contribution in [0.1, 0.15) is 149 Å². The second-order valence-corrected chi connectivity index (χ2v) is 17.5. The van der Waals surface area contributed by atoms with E-state index >= 15 is 0 Å². The van der Waals surface area contributed by atoms with Gasteiger partial charge in [-0.1, -0.05) is 107 Å². The summed E-state index contributed by atoms with van der Waals surface area (Å²) >= 11 is 7.30. The van der Waals surface area contributed by atoms with E-state index in [1.165, 1.54) is 45.1 Å². The van der Waals surface area contributed by atoms with Gasteiger partial charge in [0, 0.05) is 71.9 Å². The largest absolute Gasteiger partial charge is 0.466 e. The number of carbonyl (C=O) groups excluding carboxylic acids is 2. The van der Waals surface area contributed by atoms with Crippen molar-refractivity contribution in [1.29, 1.82) is 0 Å². The Hall–Kier alpha value is -3.90. The standard InChI is InChI=1S/C50H68ClN3O3/c1-7-9-34-52-46(55)28-13-11-19-35-53-42-26-17-15-24-40(42)49(3,4)44(53)32-30-38-22-21-23-39(48(38)51)31-33-45-50(5,6)41-25-16-18-27-43(41)54(45)36-20-12-14-29-47(56)57-37-10-8-2/h15-18,24-27,30-33H,7-14,19-23,28-29,34-37H2,1-6H3/p+1. The van der Waals surface area contributed by atoms with Gasteiger partial charge in [0.25, 0.3) is 0 Å². The first-order chi connectivity index (χ1) is 27.5. The van der Waals surface area contributed by atoms with Gasteiger partial charge in [0.15, 0.2) is 5.71 Å². The van der Waals surface area contributed by atoms with Gasteiger partial charge in [-0.3, -0.25) is 9.59 Å². The molecule has 1 amide bonds. The number of fused-ring (bicyclic) bond motifs is 2. The highest BCUT2D eigenvalue weighted by Crippen LogP contribution is 2.48. The Bertz CT molecular complexity index is 1860. The van der Waals surface area contributed by atoms with Crippen LogP contribution in [0.4, 0.5) is 11.4 Å². The molecule has 2 aromatic rings. The molecule has 0 radical (unpaired) electrons. The second-order valence-electron chi connectivity index (χ2n) is 17.1. The molecule has 0 aromatic heterocycles. The van der Waals surface area contributed by atoms with Crippen molar-refractivity contribution in [2.45, 2.75) is 149 Å². The van der Waals surface area contributed by atoms with Crippen LogP contribution < -0.4 is 10.2 Å². The molecule has 2 aliphatic heterocycles. The number of hydrogen-bond acceptors (Lipinski definition) is 4. The quantitative estimate of drug-likeness (QED) is 0.0777. The molecule has 1 N–H and O–H groups in total. The van der Waals surface area contributed by atoms with Crippen LogP contribution in [-0.2, 0) is 25.2 Å². The molecule has 6 nitrogen and oxygen atoms in total. The number of anilines is 1. The Balaban J connectivity index is 1.31. The van der Waals surface area contributed by atoms with Gasteiger partial charge in [0.05, 0.1) is 12.0 Å². The number of allylic oxidation sites excluding steroid dienone is 8. The zero-order valence-corrected chi connectivity index (χ0v) is 36.6. The fraction of sp³-hybridized carbons (Fsp3) is 0.540. The van der Waals surface area contributed by atoms with E-state index in [0.717, 1.165) is 108 Å². The number of nitrogens with zero attached hydrogens (tertiary/aromatic N) is 2. The van der Waals surface area contributed by atoms with Crippen LogP contribution >= 0.6 is 11.6 Å². The van der Waals surface area contributed by atoms with Crippen molar-refractivity contribution >= 4 is 40.6 Å². The fourth-order valence-electron chi connectivity index (χ4n) is 8.67. The van der Waals surface area contributed by atoms with Crippen molar-refractivity contribution in [1.82, 2.24) is 5.32 Å². The van der Waals surface area contributed by atoms with Crippen LogP contribution in [-0.4, -0.2) is 48.4 Å². The molecular formula is C50H69ClN3O3+. The molecule has 0 saturated carbocycles. The van der Waals surface area contributed by atoms with Gasteiger partial charge in [-0.2, -0.15) is 4.58 Å². The number of unbranched alkanes of at least 4 members (excludes halogenated alkanes) is 6. The first kappa shape index (κ1) is 44.2. The number of hydrogen-bond donors (Lipinski definition) is 1. The average molecular weight is 796 g/mol. The lowest BCUT2D eigenvalue weighted by atomic mass is 9.81. The van der Waals surface area contributed by atoms with E-state index in [-0.39, 0.29) is 22.7 Å². The van der Waals surface area contributed by atoms with Gasteiger partial charge in [-0.05, 0) is 100 Å². The second kappa shape index (κ2) is 21.2. The third-order valence-electron chi connectivity index (χ3n) is 12.1. The zero-order chi connectivity index (χ0) is 40.8. The summed E-state index contributed by atoms with van der Waals surface area (Å²) in [6.07, 6.45) is 23.1. The Morgan fingerprint density at radius 3 is 2.32 bits per heavy atom. The van der Waals surface area contributed by atoms with Gasteiger partial charge in [0.1, 0.15) is 6.54 Å². The van der Waals surface area contributed by atoms with Crippen molar-refractivity contribution in [3.8, 4) is 0 Å². The predicted molar refractivity (Wildman–Crippen MR) is 239 cm³/mol. The Morgan fingerprint density at radius 1 is 0.807 bits per heavy atom. The number of nitrogens with one attached hydrogen (secondary N) is 1. The molecule has 5 rings (SSSR count). The Kier molecular flexibility index (Phi) is 16.4. The minimum Gasteiger partial charge on any atom is -0.466 e. The van der Waals surface area contributed by atoms with Gasteiger partial charge in [0.2, 0.25) is 11.6 Å². The van der Waals surface area contributed by atoms with Crippen LogP contribution in [0.2, 0.25) is 0 Å². The molecule has 0 fully saturated rings. The molecule has 2 heterocycles. The van der Waals surface area contributed by atoms with Crippen LogP contribution in [0.15, 0.2) is 94.7 Å². The number of halogens is 1. The SMILES string of the molecule is CCCCNC(=O)CCCCC[N+]1=C(/C=C/C2=C(Cl)C(=C/C=C3/N(CCCCCC(=O)OCCCC)c4ccccc4C3(C)C)/CCC2)C(C)(C)c2ccccc21. The minimum atomic E-state index is -0.144. The third-order valence-corrected chi connectivity index (χ3v) is 12.6. The summed E-state index contributed by atoms with van der Waals surface area (Å²) in [4.78, 5) is 26.9. The maximum Gasteiger partial charge on any atom is 0.305 e. The van der Waals surface area contributed by atoms with E-state index in [2.05, 4.69) is 129 Å². The van der Waals surface area contributed by atoms with Crippen molar-refractivity contribution in [2.24, 2.45) is 0 Å². The molecule has 1 aliphatic carbocycles. The summed E-state index contributed by atoms with van der Waals surface area (Å²) < 4.78 is 7.87. The van der Waals surface area contributed by atoms with Gasteiger partial charge >= 0.3 is 5.97 Å². The molecule has 2 aromatic carbocycles. The number of carbonyl (C=O) groups is 2. The first-order valence-corrected chi connectivity index (χ1v) is 22.4. The lowest BCUT2D eigenvalue weighted by molar-refractivity contribution is -0.438. The number of rotatable bonds is 21. The van der Waals surface area contributed by atoms with Crippen molar-refractivity contribution in [2.75, 3.05) is 31.1 Å². The van der Waals surface area contributed by atoms with Crippen LogP contribution in [0.5, 0.6) is 0 Å². The first-order valence-electron chi connectivity index (χ1n) is 22.0. The predicted octanol–water partition coefficient (Wildman–Crippen LogP) is 12.3. The smallest absolute Gasteiger partial charge is 0.305 e. The third kappa shape index (κ3) is 11.2. The highest BCUT2D eigenvalue weighted by atomic mass is 35.5. The molecular weight excluding hydrogens is 726 g/mol. The molecule has 7 heteroatoms. The van der Waals surface area contributed by atoms with E-state index < -0.39 is 0 Å². The normalized spacial score (nSPS) is 18.5. The van der Waals surface area contributed by atoms with E-state index in [0.29, 0.717) is 19.4 Å². The summed E-state index contributed by atoms with van der Waals surface area (Å²) in [5, 5.41) is 3.93. The Morgan fingerprint density at radius 2 is 1.53 bits per heavy atom. The fourth-order valence-corrected chi connectivity index (χ4v) is 8.99. The van der Waals surface area contributed by atoms with E-state index in [1.807, 2.05) is 0 Å². The van der Waals surface area contributed by atoms with Crippen molar-refractivity contribution in [3.63, 3.8) is 0 Å². The van der Waals surface area contributed by atoms with E-state index in [1.54, 1.807) is 0 Å². The zero-order valence-electron chi connectivity index (χ0n) is 35.9.